The van der Waals surface area contributed by atoms with Gasteiger partial charge >= 0.3 is 6.03 Å². The van der Waals surface area contributed by atoms with E-state index >= 15 is 0 Å². The first kappa shape index (κ1) is 15.9. The van der Waals surface area contributed by atoms with Crippen LogP contribution >= 0.6 is 0 Å². The molecule has 0 bridgehead atoms. The molecule has 0 aliphatic rings. The van der Waals surface area contributed by atoms with Crippen LogP contribution in [0.2, 0.25) is 0 Å². The monoisotopic (exact) mass is 306 g/mol. The van der Waals surface area contributed by atoms with Crippen LogP contribution in [0.4, 0.5) is 19.3 Å². The van der Waals surface area contributed by atoms with Gasteiger partial charge in [-0.2, -0.15) is 0 Å². The molecule has 0 atom stereocenters. The van der Waals surface area contributed by atoms with Crippen molar-refractivity contribution in [3.05, 3.63) is 65.7 Å². The number of anilines is 1. The molecule has 0 unspecified atom stereocenters. The van der Waals surface area contributed by atoms with Crippen LogP contribution in [-0.4, -0.2) is 29.2 Å². The standard InChI is InChI=1S/C16H16F2N2O2/c17-13-7-4-8-14(15(13)18)19-16(22)20(9-10-21)11-12-5-2-1-3-6-12/h1-8,21H,9-11H2,(H,19,22). The molecule has 0 radical (unpaired) electrons. The lowest BCUT2D eigenvalue weighted by molar-refractivity contribution is 0.185. The Bertz CT molecular complexity index is 635. The van der Waals surface area contributed by atoms with Gasteiger partial charge in [-0.25, -0.2) is 13.6 Å². The third-order valence-electron chi connectivity index (χ3n) is 3.07. The third-order valence-corrected chi connectivity index (χ3v) is 3.07. The second-order valence-corrected chi connectivity index (χ2v) is 4.66. The van der Waals surface area contributed by atoms with Crippen LogP contribution in [-0.2, 0) is 6.54 Å². The number of aliphatic hydroxyl groups excluding tert-OH is 1. The molecule has 0 aliphatic carbocycles. The molecular formula is C16H16F2N2O2. The molecule has 116 valence electrons. The topological polar surface area (TPSA) is 52.6 Å². The summed E-state index contributed by atoms with van der Waals surface area (Å²) in [4.78, 5) is 13.5. The number of benzene rings is 2. The highest BCUT2D eigenvalue weighted by Gasteiger charge is 2.16. The van der Waals surface area contributed by atoms with Gasteiger partial charge in [-0.3, -0.25) is 0 Å². The number of aliphatic hydroxyl groups is 1. The maximum atomic E-state index is 13.6. The van der Waals surface area contributed by atoms with Gasteiger partial charge in [0, 0.05) is 13.1 Å². The third kappa shape index (κ3) is 4.02. The van der Waals surface area contributed by atoms with E-state index in [2.05, 4.69) is 5.32 Å². The maximum Gasteiger partial charge on any atom is 0.322 e. The second-order valence-electron chi connectivity index (χ2n) is 4.66. The Morgan fingerprint density at radius 2 is 1.82 bits per heavy atom. The van der Waals surface area contributed by atoms with Crippen LogP contribution < -0.4 is 5.32 Å². The number of rotatable bonds is 5. The van der Waals surface area contributed by atoms with Crippen molar-refractivity contribution in [1.29, 1.82) is 0 Å². The van der Waals surface area contributed by atoms with Crippen LogP contribution in [0.15, 0.2) is 48.5 Å². The van der Waals surface area contributed by atoms with E-state index in [0.29, 0.717) is 0 Å². The summed E-state index contributed by atoms with van der Waals surface area (Å²) in [5, 5.41) is 11.4. The predicted octanol–water partition coefficient (Wildman–Crippen LogP) is 2.99. The number of amides is 2. The number of nitrogens with zero attached hydrogens (tertiary/aromatic N) is 1. The van der Waals surface area contributed by atoms with Crippen molar-refractivity contribution in [1.82, 2.24) is 4.90 Å². The van der Waals surface area contributed by atoms with Gasteiger partial charge in [-0.05, 0) is 17.7 Å². The zero-order valence-corrected chi connectivity index (χ0v) is 11.8. The van der Waals surface area contributed by atoms with E-state index in [-0.39, 0.29) is 25.4 Å². The largest absolute Gasteiger partial charge is 0.395 e. The fourth-order valence-corrected chi connectivity index (χ4v) is 1.97. The molecule has 0 fully saturated rings. The van der Waals surface area contributed by atoms with E-state index in [1.54, 1.807) is 0 Å². The van der Waals surface area contributed by atoms with Gasteiger partial charge in [0.25, 0.3) is 0 Å². The Kier molecular flexibility index (Phi) is 5.43. The number of nitrogens with one attached hydrogen (secondary N) is 1. The molecule has 0 aliphatic heterocycles. The van der Waals surface area contributed by atoms with Gasteiger partial charge in [-0.15, -0.1) is 0 Å². The fourth-order valence-electron chi connectivity index (χ4n) is 1.97. The fraction of sp³-hybridized carbons (Fsp3) is 0.188. The number of urea groups is 1. The van der Waals surface area contributed by atoms with E-state index in [1.807, 2.05) is 30.3 Å². The molecule has 2 amide bonds. The highest BCUT2D eigenvalue weighted by Crippen LogP contribution is 2.17. The molecule has 4 nitrogen and oxygen atoms in total. The van der Waals surface area contributed by atoms with Gasteiger partial charge in [-0.1, -0.05) is 36.4 Å². The molecule has 0 heterocycles. The van der Waals surface area contributed by atoms with E-state index in [0.717, 1.165) is 11.6 Å². The Morgan fingerprint density at radius 1 is 1.09 bits per heavy atom. The van der Waals surface area contributed by atoms with Gasteiger partial charge in [0.15, 0.2) is 11.6 Å². The lowest BCUT2D eigenvalue weighted by atomic mass is 10.2. The molecule has 2 aromatic carbocycles. The minimum absolute atomic E-state index is 0.0810. The predicted molar refractivity (Wildman–Crippen MR) is 79.3 cm³/mol. The van der Waals surface area contributed by atoms with E-state index in [1.165, 1.54) is 17.0 Å². The summed E-state index contributed by atoms with van der Waals surface area (Å²) in [6.07, 6.45) is 0. The van der Waals surface area contributed by atoms with Gasteiger partial charge in [0.05, 0.1) is 12.3 Å². The summed E-state index contributed by atoms with van der Waals surface area (Å²) >= 11 is 0. The molecular weight excluding hydrogens is 290 g/mol. The average Bonchev–Trinajstić information content (AvgIpc) is 2.52. The molecule has 0 aromatic heterocycles. The quantitative estimate of drug-likeness (QED) is 0.892. The van der Waals surface area contributed by atoms with Crippen molar-refractivity contribution in [2.24, 2.45) is 0 Å². The van der Waals surface area contributed by atoms with Crippen LogP contribution in [0.5, 0.6) is 0 Å². The summed E-state index contributed by atoms with van der Waals surface area (Å²) in [5.74, 6) is -2.14. The molecule has 2 rings (SSSR count). The summed E-state index contributed by atoms with van der Waals surface area (Å²) < 4.78 is 26.7. The summed E-state index contributed by atoms with van der Waals surface area (Å²) in [7, 11) is 0. The summed E-state index contributed by atoms with van der Waals surface area (Å²) in [6.45, 7) is 0.105. The Labute approximate surface area is 127 Å². The lowest BCUT2D eigenvalue weighted by Gasteiger charge is -2.22. The normalized spacial score (nSPS) is 10.3. The van der Waals surface area contributed by atoms with Gasteiger partial charge < -0.3 is 15.3 Å². The Hall–Kier alpha value is -2.47. The summed E-state index contributed by atoms with van der Waals surface area (Å²) in [6, 6.07) is 12.1. The zero-order valence-electron chi connectivity index (χ0n) is 11.8. The number of halogens is 2. The van der Waals surface area contributed by atoms with E-state index in [9.17, 15) is 13.6 Å². The number of carbonyl (C=O) groups is 1. The summed E-state index contributed by atoms with van der Waals surface area (Å²) in [5.41, 5.74) is 0.631. The van der Waals surface area contributed by atoms with Crippen LogP contribution in [0.3, 0.4) is 0 Å². The highest BCUT2D eigenvalue weighted by atomic mass is 19.2. The minimum Gasteiger partial charge on any atom is -0.395 e. The smallest absolute Gasteiger partial charge is 0.322 e. The van der Waals surface area contributed by atoms with Gasteiger partial charge in [0.2, 0.25) is 0 Å². The molecule has 6 heteroatoms. The van der Waals surface area contributed by atoms with E-state index < -0.39 is 17.7 Å². The minimum atomic E-state index is -1.11. The first-order valence-corrected chi connectivity index (χ1v) is 6.76. The van der Waals surface area contributed by atoms with Crippen LogP contribution in [0, 0.1) is 11.6 Å². The molecule has 2 aromatic rings. The van der Waals surface area contributed by atoms with Crippen LogP contribution in [0.1, 0.15) is 5.56 Å². The number of carbonyl (C=O) groups excluding carboxylic acids is 1. The molecule has 2 N–H and O–H groups in total. The number of hydrogen-bond acceptors (Lipinski definition) is 2. The first-order chi connectivity index (χ1) is 10.6. The number of hydrogen-bond donors (Lipinski definition) is 2. The SMILES string of the molecule is O=C(Nc1cccc(F)c1F)N(CCO)Cc1ccccc1. The lowest BCUT2D eigenvalue weighted by Crippen LogP contribution is -2.36. The maximum absolute atomic E-state index is 13.6. The van der Waals surface area contributed by atoms with Crippen molar-refractivity contribution >= 4 is 11.7 Å². The molecule has 22 heavy (non-hydrogen) atoms. The molecule has 0 saturated heterocycles. The second kappa shape index (κ2) is 7.51. The first-order valence-electron chi connectivity index (χ1n) is 6.76. The van der Waals surface area contributed by atoms with E-state index in [4.69, 9.17) is 5.11 Å². The molecule has 0 spiro atoms. The van der Waals surface area contributed by atoms with Crippen molar-refractivity contribution in [3.63, 3.8) is 0 Å². The Morgan fingerprint density at radius 3 is 2.50 bits per heavy atom. The van der Waals surface area contributed by atoms with Crippen molar-refractivity contribution < 1.29 is 18.7 Å². The molecule has 0 saturated carbocycles. The van der Waals surface area contributed by atoms with Crippen molar-refractivity contribution in [2.75, 3.05) is 18.5 Å². The van der Waals surface area contributed by atoms with Crippen LogP contribution in [0.25, 0.3) is 0 Å². The highest BCUT2D eigenvalue weighted by molar-refractivity contribution is 5.89. The van der Waals surface area contributed by atoms with Crippen molar-refractivity contribution in [3.8, 4) is 0 Å². The van der Waals surface area contributed by atoms with Crippen molar-refractivity contribution in [2.45, 2.75) is 6.54 Å². The zero-order chi connectivity index (χ0) is 15.9. The average molecular weight is 306 g/mol. The Balaban J connectivity index is 2.11. The van der Waals surface area contributed by atoms with Gasteiger partial charge in [0.1, 0.15) is 0 Å².